The van der Waals surface area contributed by atoms with E-state index in [0.717, 1.165) is 18.4 Å². The Labute approximate surface area is 168 Å². The van der Waals surface area contributed by atoms with Gasteiger partial charge in [0.05, 0.1) is 4.90 Å². The van der Waals surface area contributed by atoms with Gasteiger partial charge in [0.15, 0.2) is 11.5 Å². The smallest absolute Gasteiger partial charge is 0.294 e. The fourth-order valence-electron chi connectivity index (χ4n) is 3.07. The highest BCUT2D eigenvalue weighted by Gasteiger charge is 2.10. The number of aryl methyl sites for hydroxylation is 1. The Morgan fingerprint density at radius 2 is 1.46 bits per heavy atom. The largest absolute Gasteiger partial charge is 0.504 e. The molecule has 0 saturated carbocycles. The van der Waals surface area contributed by atoms with Crippen molar-refractivity contribution in [2.24, 2.45) is 0 Å². The van der Waals surface area contributed by atoms with Gasteiger partial charge in [-0.1, -0.05) is 57.9 Å². The monoisotopic (exact) mass is 406 g/mol. The summed E-state index contributed by atoms with van der Waals surface area (Å²) in [6.07, 6.45) is 11.0. The minimum atomic E-state index is -4.23. The van der Waals surface area contributed by atoms with Gasteiger partial charge in [-0.15, -0.1) is 0 Å². The van der Waals surface area contributed by atoms with Crippen LogP contribution in [0.1, 0.15) is 63.9 Å². The summed E-state index contributed by atoms with van der Waals surface area (Å²) in [5.41, 5.74) is 1.09. The quantitative estimate of drug-likeness (QED) is 0.328. The molecule has 2 N–H and O–H groups in total. The molecular formula is C22H30O5S. The fraction of sp³-hybridized carbons (Fsp3) is 0.455. The lowest BCUT2D eigenvalue weighted by molar-refractivity contribution is 0.410. The van der Waals surface area contributed by atoms with Crippen LogP contribution in [0, 0.1) is 0 Å². The minimum absolute atomic E-state index is 0.0264. The molecular weight excluding hydrogens is 376 g/mol. The Hall–Kier alpha value is -2.05. The second-order valence-corrected chi connectivity index (χ2v) is 8.50. The molecule has 0 aliphatic rings. The first-order valence-electron chi connectivity index (χ1n) is 9.97. The van der Waals surface area contributed by atoms with Crippen molar-refractivity contribution in [1.82, 2.24) is 0 Å². The van der Waals surface area contributed by atoms with Gasteiger partial charge in [0.1, 0.15) is 5.75 Å². The van der Waals surface area contributed by atoms with E-state index >= 15 is 0 Å². The fourth-order valence-corrected chi connectivity index (χ4v) is 3.55. The summed E-state index contributed by atoms with van der Waals surface area (Å²) in [5.74, 6) is 0.738. The average molecular weight is 407 g/mol. The molecule has 0 atom stereocenters. The second kappa shape index (κ2) is 11.1. The van der Waals surface area contributed by atoms with E-state index < -0.39 is 10.1 Å². The third-order valence-electron chi connectivity index (χ3n) is 4.69. The molecule has 0 heterocycles. The molecule has 2 aromatic rings. The van der Waals surface area contributed by atoms with E-state index in [1.807, 2.05) is 12.1 Å². The summed E-state index contributed by atoms with van der Waals surface area (Å²) in [7, 11) is -4.23. The van der Waals surface area contributed by atoms with Crippen molar-refractivity contribution < 1.29 is 22.8 Å². The Morgan fingerprint density at radius 3 is 2.07 bits per heavy atom. The number of aromatic hydroxyl groups is 1. The molecule has 0 aromatic heterocycles. The SMILES string of the molecule is CCCCCCCCCCc1ccc(O)c(Oc2ccc(S(=O)(=O)O)cc2)c1. The highest BCUT2D eigenvalue weighted by atomic mass is 32.2. The molecule has 0 amide bonds. The molecule has 5 nitrogen and oxygen atoms in total. The van der Waals surface area contributed by atoms with Crippen molar-refractivity contribution in [2.75, 3.05) is 0 Å². The van der Waals surface area contributed by atoms with Crippen molar-refractivity contribution >= 4 is 10.1 Å². The predicted octanol–water partition coefficient (Wildman–Crippen LogP) is 6.11. The van der Waals surface area contributed by atoms with Crippen LogP contribution in [0.25, 0.3) is 0 Å². The molecule has 0 radical (unpaired) electrons. The molecule has 2 rings (SSSR count). The van der Waals surface area contributed by atoms with Gasteiger partial charge in [-0.05, 0) is 54.8 Å². The van der Waals surface area contributed by atoms with Crippen molar-refractivity contribution in [3.05, 3.63) is 48.0 Å². The first kappa shape index (κ1) is 22.2. The van der Waals surface area contributed by atoms with E-state index in [4.69, 9.17) is 9.29 Å². The van der Waals surface area contributed by atoms with Crippen LogP contribution >= 0.6 is 0 Å². The number of benzene rings is 2. The van der Waals surface area contributed by atoms with Gasteiger partial charge in [-0.2, -0.15) is 8.42 Å². The van der Waals surface area contributed by atoms with Crippen LogP contribution in [0.5, 0.6) is 17.2 Å². The maximum atomic E-state index is 11.1. The number of unbranched alkanes of at least 4 members (excludes halogenated alkanes) is 7. The molecule has 0 saturated heterocycles. The number of hydrogen-bond acceptors (Lipinski definition) is 4. The normalized spacial score (nSPS) is 11.5. The maximum absolute atomic E-state index is 11.1. The summed E-state index contributed by atoms with van der Waals surface area (Å²) in [6, 6.07) is 10.7. The number of rotatable bonds is 12. The number of phenolic OH excluding ortho intramolecular Hbond substituents is 1. The van der Waals surface area contributed by atoms with Crippen LogP contribution in [-0.4, -0.2) is 18.1 Å². The Morgan fingerprint density at radius 1 is 0.857 bits per heavy atom. The molecule has 28 heavy (non-hydrogen) atoms. The average Bonchev–Trinajstić information content (AvgIpc) is 2.66. The third-order valence-corrected chi connectivity index (χ3v) is 5.56. The van der Waals surface area contributed by atoms with Crippen LogP contribution in [0.3, 0.4) is 0 Å². The van der Waals surface area contributed by atoms with Gasteiger partial charge < -0.3 is 9.84 Å². The van der Waals surface area contributed by atoms with Gasteiger partial charge in [0.2, 0.25) is 0 Å². The van der Waals surface area contributed by atoms with Crippen molar-refractivity contribution in [2.45, 2.75) is 69.6 Å². The Balaban J connectivity index is 1.85. The Kier molecular flexibility index (Phi) is 8.80. The minimum Gasteiger partial charge on any atom is -0.504 e. The standard InChI is InChI=1S/C22H30O5S/c1-2-3-4-5-6-7-8-9-10-18-11-16-21(23)22(17-18)27-19-12-14-20(15-13-19)28(24,25)26/h11-17,23H,2-10H2,1H3,(H,24,25,26). The second-order valence-electron chi connectivity index (χ2n) is 7.08. The first-order chi connectivity index (χ1) is 13.4. The van der Waals surface area contributed by atoms with Gasteiger partial charge in [0.25, 0.3) is 10.1 Å². The van der Waals surface area contributed by atoms with Gasteiger partial charge in [-0.3, -0.25) is 4.55 Å². The summed E-state index contributed by atoms with van der Waals surface area (Å²) >= 11 is 0. The highest BCUT2D eigenvalue weighted by Crippen LogP contribution is 2.32. The van der Waals surface area contributed by atoms with Crippen molar-refractivity contribution in [3.8, 4) is 17.2 Å². The molecule has 0 bridgehead atoms. The van der Waals surface area contributed by atoms with E-state index in [2.05, 4.69) is 6.92 Å². The van der Waals surface area contributed by atoms with Crippen LogP contribution in [0.15, 0.2) is 47.4 Å². The lowest BCUT2D eigenvalue weighted by Crippen LogP contribution is -1.97. The molecule has 0 spiro atoms. The molecule has 0 fully saturated rings. The summed E-state index contributed by atoms with van der Waals surface area (Å²) in [5, 5.41) is 10.0. The van der Waals surface area contributed by atoms with Gasteiger partial charge >= 0.3 is 0 Å². The molecule has 0 unspecified atom stereocenters. The number of hydrogen-bond donors (Lipinski definition) is 2. The Bertz CT molecular complexity index is 829. The first-order valence-corrected chi connectivity index (χ1v) is 11.4. The highest BCUT2D eigenvalue weighted by molar-refractivity contribution is 7.85. The summed E-state index contributed by atoms with van der Waals surface area (Å²) < 4.78 is 36.9. The van der Waals surface area contributed by atoms with E-state index in [1.165, 1.54) is 69.2 Å². The lowest BCUT2D eigenvalue weighted by Gasteiger charge is -2.10. The zero-order valence-corrected chi connectivity index (χ0v) is 17.2. The van der Waals surface area contributed by atoms with Crippen molar-refractivity contribution in [3.63, 3.8) is 0 Å². The topological polar surface area (TPSA) is 83.8 Å². The van der Waals surface area contributed by atoms with Crippen LogP contribution in [-0.2, 0) is 16.5 Å². The lowest BCUT2D eigenvalue weighted by atomic mass is 10.0. The maximum Gasteiger partial charge on any atom is 0.294 e. The molecule has 0 aliphatic heterocycles. The van der Waals surface area contributed by atoms with Crippen LogP contribution in [0.4, 0.5) is 0 Å². The zero-order valence-electron chi connectivity index (χ0n) is 16.4. The molecule has 6 heteroatoms. The van der Waals surface area contributed by atoms with Crippen LogP contribution in [0.2, 0.25) is 0 Å². The van der Waals surface area contributed by atoms with E-state index in [1.54, 1.807) is 6.07 Å². The van der Waals surface area contributed by atoms with Gasteiger partial charge in [-0.25, -0.2) is 0 Å². The summed E-state index contributed by atoms with van der Waals surface area (Å²) in [4.78, 5) is -0.201. The van der Waals surface area contributed by atoms with Gasteiger partial charge in [0, 0.05) is 0 Å². The van der Waals surface area contributed by atoms with E-state index in [0.29, 0.717) is 11.5 Å². The summed E-state index contributed by atoms with van der Waals surface area (Å²) in [6.45, 7) is 2.23. The van der Waals surface area contributed by atoms with E-state index in [9.17, 15) is 13.5 Å². The third kappa shape index (κ3) is 7.52. The molecule has 154 valence electrons. The zero-order chi connectivity index (χ0) is 20.4. The molecule has 2 aromatic carbocycles. The van der Waals surface area contributed by atoms with Crippen molar-refractivity contribution in [1.29, 1.82) is 0 Å². The number of ether oxygens (including phenoxy) is 1. The van der Waals surface area contributed by atoms with Crippen LogP contribution < -0.4 is 4.74 Å². The van der Waals surface area contributed by atoms with E-state index in [-0.39, 0.29) is 10.6 Å². The predicted molar refractivity (Wildman–Crippen MR) is 111 cm³/mol. The number of phenols is 1. The molecule has 0 aliphatic carbocycles.